The molecule has 0 spiro atoms. The van der Waals surface area contributed by atoms with E-state index in [-0.39, 0.29) is 42.6 Å². The Kier molecular flexibility index (Phi) is 5.80. The summed E-state index contributed by atoms with van der Waals surface area (Å²) in [5.74, 6) is -0.991. The Morgan fingerprint density at radius 2 is 2.00 bits per heavy atom. The second-order valence-corrected chi connectivity index (χ2v) is 6.93. The number of ether oxygens (including phenoxy) is 6. The van der Waals surface area contributed by atoms with Crippen LogP contribution in [0.5, 0.6) is 0 Å². The molecular formula is C18H28O7. The number of hydrogen-bond acceptors (Lipinski definition) is 7. The van der Waals surface area contributed by atoms with Crippen LogP contribution < -0.4 is 0 Å². The fourth-order valence-corrected chi connectivity index (χ4v) is 3.69. The summed E-state index contributed by atoms with van der Waals surface area (Å²) >= 11 is 0. The van der Waals surface area contributed by atoms with Crippen LogP contribution in [0.25, 0.3) is 0 Å². The van der Waals surface area contributed by atoms with Crippen LogP contribution in [0.2, 0.25) is 0 Å². The quantitative estimate of drug-likeness (QED) is 0.549. The average Bonchev–Trinajstić information content (AvgIpc) is 2.97. The minimum atomic E-state index is -0.671. The molecule has 25 heavy (non-hydrogen) atoms. The van der Waals surface area contributed by atoms with Gasteiger partial charge in [-0.25, -0.2) is 4.79 Å². The molecule has 3 saturated heterocycles. The van der Waals surface area contributed by atoms with Crippen LogP contribution in [0.3, 0.4) is 0 Å². The molecule has 3 heterocycles. The Morgan fingerprint density at radius 1 is 1.20 bits per heavy atom. The van der Waals surface area contributed by atoms with Crippen molar-refractivity contribution in [1.29, 1.82) is 0 Å². The van der Waals surface area contributed by atoms with Gasteiger partial charge in [0.1, 0.15) is 12.2 Å². The smallest absolute Gasteiger partial charge is 0.330 e. The van der Waals surface area contributed by atoms with Crippen molar-refractivity contribution >= 4 is 5.97 Å². The van der Waals surface area contributed by atoms with Gasteiger partial charge >= 0.3 is 5.97 Å². The summed E-state index contributed by atoms with van der Waals surface area (Å²) in [5, 5.41) is 0. The lowest BCUT2D eigenvalue weighted by molar-refractivity contribution is -0.350. The van der Waals surface area contributed by atoms with Gasteiger partial charge in [0.15, 0.2) is 12.1 Å². The second-order valence-electron chi connectivity index (χ2n) is 6.93. The third-order valence-corrected chi connectivity index (χ3v) is 4.72. The van der Waals surface area contributed by atoms with E-state index < -0.39 is 5.79 Å². The maximum absolute atomic E-state index is 11.6. The van der Waals surface area contributed by atoms with Gasteiger partial charge in [-0.3, -0.25) is 0 Å². The van der Waals surface area contributed by atoms with Gasteiger partial charge in [-0.15, -0.1) is 0 Å². The third kappa shape index (κ3) is 4.23. The molecule has 3 rings (SSSR count). The van der Waals surface area contributed by atoms with Crippen molar-refractivity contribution < 1.29 is 33.2 Å². The lowest BCUT2D eigenvalue weighted by Gasteiger charge is -2.48. The zero-order chi connectivity index (χ0) is 18.0. The second kappa shape index (κ2) is 7.72. The molecular weight excluding hydrogens is 328 g/mol. The highest BCUT2D eigenvalue weighted by Crippen LogP contribution is 2.43. The molecule has 0 N–H and O–H groups in total. The molecule has 3 fully saturated rings. The molecule has 0 bridgehead atoms. The van der Waals surface area contributed by atoms with Gasteiger partial charge in [-0.2, -0.15) is 0 Å². The van der Waals surface area contributed by atoms with Crippen molar-refractivity contribution in [3.8, 4) is 0 Å². The zero-order valence-electron chi connectivity index (χ0n) is 15.3. The van der Waals surface area contributed by atoms with E-state index in [2.05, 4.69) is 0 Å². The van der Waals surface area contributed by atoms with Crippen molar-refractivity contribution in [3.05, 3.63) is 12.2 Å². The zero-order valence-corrected chi connectivity index (χ0v) is 15.3. The van der Waals surface area contributed by atoms with Crippen molar-refractivity contribution in [2.45, 2.75) is 70.6 Å². The van der Waals surface area contributed by atoms with Gasteiger partial charge < -0.3 is 28.4 Å². The first-order valence-electron chi connectivity index (χ1n) is 9.02. The molecule has 142 valence electrons. The lowest BCUT2D eigenvalue weighted by atomic mass is 9.85. The number of hydrogen-bond donors (Lipinski definition) is 0. The van der Waals surface area contributed by atoms with Crippen LogP contribution in [-0.2, 0) is 33.2 Å². The minimum Gasteiger partial charge on any atom is -0.463 e. The normalized spacial score (nSPS) is 39.8. The summed E-state index contributed by atoms with van der Waals surface area (Å²) in [4.78, 5) is 11.6. The molecule has 0 aromatic rings. The molecule has 0 saturated carbocycles. The van der Waals surface area contributed by atoms with Crippen LogP contribution >= 0.6 is 0 Å². The highest BCUT2D eigenvalue weighted by Gasteiger charge is 2.55. The minimum absolute atomic E-state index is 0.0531. The van der Waals surface area contributed by atoms with Crippen molar-refractivity contribution in [2.24, 2.45) is 5.92 Å². The molecule has 0 radical (unpaired) electrons. The molecule has 7 heteroatoms. The molecule has 6 atom stereocenters. The first-order valence-corrected chi connectivity index (χ1v) is 9.02. The van der Waals surface area contributed by atoms with Gasteiger partial charge in [0.2, 0.25) is 0 Å². The summed E-state index contributed by atoms with van der Waals surface area (Å²) in [6.07, 6.45) is 2.71. The Balaban J connectivity index is 1.76. The Bertz CT molecular complexity index is 504. The van der Waals surface area contributed by atoms with Crippen LogP contribution in [0.1, 0.15) is 34.1 Å². The summed E-state index contributed by atoms with van der Waals surface area (Å²) in [6, 6.07) is 0. The van der Waals surface area contributed by atoms with E-state index in [9.17, 15) is 4.79 Å². The van der Waals surface area contributed by atoms with E-state index in [1.807, 2.05) is 20.8 Å². The molecule has 7 nitrogen and oxygen atoms in total. The fraction of sp³-hybridized carbons (Fsp3) is 0.833. The van der Waals surface area contributed by atoms with Crippen LogP contribution in [0, 0.1) is 5.92 Å². The first-order chi connectivity index (χ1) is 11.9. The van der Waals surface area contributed by atoms with E-state index in [4.69, 9.17) is 28.4 Å². The average molecular weight is 356 g/mol. The fourth-order valence-electron chi connectivity index (χ4n) is 3.69. The van der Waals surface area contributed by atoms with Gasteiger partial charge in [-0.1, -0.05) is 0 Å². The van der Waals surface area contributed by atoms with E-state index in [1.54, 1.807) is 13.0 Å². The Morgan fingerprint density at radius 3 is 2.72 bits per heavy atom. The van der Waals surface area contributed by atoms with Crippen LogP contribution in [0.4, 0.5) is 0 Å². The summed E-state index contributed by atoms with van der Waals surface area (Å²) < 4.78 is 34.7. The molecule has 1 unspecified atom stereocenters. The lowest BCUT2D eigenvalue weighted by Crippen LogP contribution is -2.61. The summed E-state index contributed by atoms with van der Waals surface area (Å²) in [7, 11) is 0. The molecule has 0 aromatic heterocycles. The largest absolute Gasteiger partial charge is 0.463 e. The number of carbonyl (C=O) groups excluding carboxylic acids is 1. The van der Waals surface area contributed by atoms with E-state index >= 15 is 0 Å². The Hall–Kier alpha value is -0.990. The van der Waals surface area contributed by atoms with E-state index in [1.165, 1.54) is 6.08 Å². The van der Waals surface area contributed by atoms with Gasteiger partial charge in [0.25, 0.3) is 0 Å². The van der Waals surface area contributed by atoms with E-state index in [0.717, 1.165) is 0 Å². The first kappa shape index (κ1) is 18.8. The molecule has 0 aliphatic carbocycles. The Labute approximate surface area is 148 Å². The van der Waals surface area contributed by atoms with Gasteiger partial charge in [0, 0.05) is 25.0 Å². The number of rotatable bonds is 5. The van der Waals surface area contributed by atoms with Crippen LogP contribution in [-0.4, -0.2) is 62.3 Å². The maximum atomic E-state index is 11.6. The standard InChI is InChI=1S/C18H28O7/c1-5-20-14(19)8-7-12-11-9-15(21-6-2)24-16(11)17-13(23-12)10-22-18(3,4)25-17/h7-8,11-13,15-17H,5-6,9-10H2,1-4H3/b8-7-/t11-,12-,13-,15?,16-,17-/m1/s1. The van der Waals surface area contributed by atoms with Crippen molar-refractivity contribution in [3.63, 3.8) is 0 Å². The molecule has 0 amide bonds. The van der Waals surface area contributed by atoms with Crippen molar-refractivity contribution in [1.82, 2.24) is 0 Å². The number of esters is 1. The molecule has 3 aliphatic heterocycles. The highest BCUT2D eigenvalue weighted by atomic mass is 16.7. The van der Waals surface area contributed by atoms with Gasteiger partial charge in [-0.05, 0) is 33.8 Å². The molecule has 0 aromatic carbocycles. The third-order valence-electron chi connectivity index (χ3n) is 4.72. The molecule has 3 aliphatic rings. The monoisotopic (exact) mass is 356 g/mol. The predicted molar refractivity (Wildman–Crippen MR) is 87.7 cm³/mol. The highest BCUT2D eigenvalue weighted by molar-refractivity contribution is 5.81. The number of fused-ring (bicyclic) bond motifs is 3. The van der Waals surface area contributed by atoms with Crippen LogP contribution in [0.15, 0.2) is 12.2 Å². The summed E-state index contributed by atoms with van der Waals surface area (Å²) in [5.41, 5.74) is 0. The predicted octanol–water partition coefficient (Wildman–Crippen LogP) is 1.79. The number of carbonyl (C=O) groups is 1. The maximum Gasteiger partial charge on any atom is 0.330 e. The topological polar surface area (TPSA) is 72.5 Å². The van der Waals surface area contributed by atoms with E-state index in [0.29, 0.717) is 26.2 Å². The SMILES string of the molecule is CCOC(=O)/C=C\[C@H]1O[C@@H]2COC(C)(C)O[C@H]2[C@@H]2OC(OCC)C[C@@H]21. The summed E-state index contributed by atoms with van der Waals surface area (Å²) in [6.45, 7) is 8.85. The van der Waals surface area contributed by atoms with Gasteiger partial charge in [0.05, 0.1) is 25.4 Å². The van der Waals surface area contributed by atoms with Crippen molar-refractivity contribution in [2.75, 3.05) is 19.8 Å².